The number of nitrogens with zero attached hydrogens (tertiary/aromatic N) is 5. The number of H-pyrrole nitrogens is 1. The third-order valence-corrected chi connectivity index (χ3v) is 8.56. The van der Waals surface area contributed by atoms with Crippen LogP contribution in [0, 0.1) is 5.92 Å². The second kappa shape index (κ2) is 10.7. The summed E-state index contributed by atoms with van der Waals surface area (Å²) in [6.07, 6.45) is 3.13. The zero-order valence-electron chi connectivity index (χ0n) is 22.3. The molecular weight excluding hydrogens is 516 g/mol. The minimum Gasteiger partial charge on any atom is -0.395 e. The molecule has 1 aromatic carbocycles. The van der Waals surface area contributed by atoms with E-state index in [-0.39, 0.29) is 19.0 Å². The van der Waals surface area contributed by atoms with Crippen molar-refractivity contribution in [1.29, 1.82) is 0 Å². The molecule has 6 rings (SSSR count). The van der Waals surface area contributed by atoms with Crippen molar-refractivity contribution in [3.8, 4) is 0 Å². The van der Waals surface area contributed by atoms with Gasteiger partial charge in [-0.25, -0.2) is 19.9 Å². The smallest absolute Gasteiger partial charge is 0.167 e. The highest BCUT2D eigenvalue weighted by atomic mass is 16.6. The summed E-state index contributed by atoms with van der Waals surface area (Å²) in [4.78, 5) is 20.5. The SMILES string of the molecule is CC(CO)(CO)c1ccc2nc(CCC3CC(NC[C@H]4O[C@@H](n5cnc6c(N)ncnc65)[C@H](O)[C@@H]4O)C3)[nH]c2c1. The molecule has 0 unspecified atom stereocenters. The van der Waals surface area contributed by atoms with Crippen LogP contribution in [-0.4, -0.2) is 94.0 Å². The highest BCUT2D eigenvalue weighted by Crippen LogP contribution is 2.34. The van der Waals surface area contributed by atoms with Gasteiger partial charge in [0.15, 0.2) is 17.7 Å². The molecule has 214 valence electrons. The summed E-state index contributed by atoms with van der Waals surface area (Å²) in [6, 6.07) is 6.12. The molecule has 3 aromatic heterocycles. The second-order valence-corrected chi connectivity index (χ2v) is 11.4. The Morgan fingerprint density at radius 3 is 2.73 bits per heavy atom. The molecule has 4 aromatic rings. The largest absolute Gasteiger partial charge is 0.395 e. The number of aryl methyl sites for hydroxylation is 1. The summed E-state index contributed by atoms with van der Waals surface area (Å²) in [6.45, 7) is 1.99. The van der Waals surface area contributed by atoms with Gasteiger partial charge in [0.2, 0.25) is 0 Å². The molecule has 2 fully saturated rings. The van der Waals surface area contributed by atoms with Crippen molar-refractivity contribution in [3.63, 3.8) is 0 Å². The summed E-state index contributed by atoms with van der Waals surface area (Å²) in [5.74, 6) is 1.75. The van der Waals surface area contributed by atoms with Gasteiger partial charge in [-0.05, 0) is 42.9 Å². The summed E-state index contributed by atoms with van der Waals surface area (Å²) < 4.78 is 7.60. The zero-order chi connectivity index (χ0) is 28.0. The van der Waals surface area contributed by atoms with Crippen LogP contribution in [0.5, 0.6) is 0 Å². The van der Waals surface area contributed by atoms with Crippen molar-refractivity contribution < 1.29 is 25.2 Å². The minimum absolute atomic E-state index is 0.132. The number of anilines is 1. The van der Waals surface area contributed by atoms with E-state index in [0.717, 1.165) is 48.1 Å². The first kappa shape index (κ1) is 27.0. The number of fused-ring (bicyclic) bond motifs is 2. The Bertz CT molecular complexity index is 1480. The maximum atomic E-state index is 10.7. The Morgan fingerprint density at radius 2 is 1.95 bits per heavy atom. The van der Waals surface area contributed by atoms with E-state index in [1.165, 1.54) is 12.7 Å². The first-order valence-corrected chi connectivity index (χ1v) is 13.7. The first-order valence-electron chi connectivity index (χ1n) is 13.7. The number of nitrogens with one attached hydrogen (secondary N) is 2. The Kier molecular flexibility index (Phi) is 7.19. The monoisotopic (exact) mass is 552 g/mol. The predicted octanol–water partition coefficient (Wildman–Crippen LogP) is 0.147. The quantitative estimate of drug-likeness (QED) is 0.141. The molecular formula is C27H36N8O5. The van der Waals surface area contributed by atoms with Crippen LogP contribution < -0.4 is 11.1 Å². The van der Waals surface area contributed by atoms with E-state index >= 15 is 0 Å². The van der Waals surface area contributed by atoms with Crippen LogP contribution in [0.2, 0.25) is 0 Å². The molecule has 1 aliphatic carbocycles. The van der Waals surface area contributed by atoms with Crippen LogP contribution in [0.15, 0.2) is 30.9 Å². The average Bonchev–Trinajstić information content (AvgIpc) is 3.63. The third kappa shape index (κ3) is 4.82. The zero-order valence-corrected chi connectivity index (χ0v) is 22.3. The minimum atomic E-state index is -1.13. The number of aliphatic hydroxyl groups is 4. The van der Waals surface area contributed by atoms with Crippen LogP contribution in [0.25, 0.3) is 22.2 Å². The van der Waals surface area contributed by atoms with E-state index in [0.29, 0.717) is 29.7 Å². The number of benzene rings is 1. The molecule has 1 saturated carbocycles. The van der Waals surface area contributed by atoms with Gasteiger partial charge in [0.05, 0.1) is 30.6 Å². The van der Waals surface area contributed by atoms with Gasteiger partial charge in [0, 0.05) is 24.4 Å². The van der Waals surface area contributed by atoms with E-state index in [1.807, 2.05) is 25.1 Å². The van der Waals surface area contributed by atoms with Gasteiger partial charge in [-0.2, -0.15) is 0 Å². The van der Waals surface area contributed by atoms with Crippen LogP contribution >= 0.6 is 0 Å². The van der Waals surface area contributed by atoms with Crippen molar-refractivity contribution in [3.05, 3.63) is 42.2 Å². The van der Waals surface area contributed by atoms with Crippen molar-refractivity contribution in [2.45, 2.75) is 68.6 Å². The number of nitrogens with two attached hydrogens (primary N) is 1. The van der Waals surface area contributed by atoms with Crippen LogP contribution in [0.4, 0.5) is 5.82 Å². The summed E-state index contributed by atoms with van der Waals surface area (Å²) in [5.41, 5.74) is 8.70. The summed E-state index contributed by atoms with van der Waals surface area (Å²) in [7, 11) is 0. The fourth-order valence-corrected chi connectivity index (χ4v) is 5.73. The molecule has 1 aliphatic heterocycles. The number of aromatic nitrogens is 6. The second-order valence-electron chi connectivity index (χ2n) is 11.4. The predicted molar refractivity (Wildman–Crippen MR) is 146 cm³/mol. The van der Waals surface area contributed by atoms with Crippen molar-refractivity contribution in [2.24, 2.45) is 5.92 Å². The molecule has 2 aliphatic rings. The fourth-order valence-electron chi connectivity index (χ4n) is 5.73. The lowest BCUT2D eigenvalue weighted by Crippen LogP contribution is -2.46. The number of aromatic amines is 1. The van der Waals surface area contributed by atoms with Crippen molar-refractivity contribution in [2.75, 3.05) is 25.5 Å². The summed E-state index contributed by atoms with van der Waals surface area (Å²) >= 11 is 0. The lowest BCUT2D eigenvalue weighted by molar-refractivity contribution is -0.0357. The van der Waals surface area contributed by atoms with Crippen LogP contribution in [0.1, 0.15) is 43.8 Å². The number of rotatable bonds is 10. The standard InChI is InChI=1S/C27H36N8O5/c1-27(10-36,11-37)15-3-4-17-18(8-15)34-20(33-17)5-2-14-6-16(7-14)29-9-19-22(38)23(39)26(40-19)35-13-32-21-24(28)30-12-31-25(21)35/h3-4,8,12-14,16,19,22-23,26,29,36-39H,2,5-7,9-11H2,1H3,(H,33,34)(H2,28,30,31)/t14?,16?,19-,22-,23-,26-/m1/s1. The molecule has 0 radical (unpaired) electrons. The molecule has 13 heteroatoms. The lowest BCUT2D eigenvalue weighted by Gasteiger charge is -2.36. The van der Waals surface area contributed by atoms with Crippen LogP contribution in [0.3, 0.4) is 0 Å². The number of imidazole rings is 2. The molecule has 13 nitrogen and oxygen atoms in total. The van der Waals surface area contributed by atoms with E-state index in [2.05, 4.69) is 25.3 Å². The number of aliphatic hydroxyl groups excluding tert-OH is 4. The number of ether oxygens (including phenoxy) is 1. The Labute approximate surface area is 230 Å². The van der Waals surface area contributed by atoms with Gasteiger partial charge in [-0.3, -0.25) is 4.57 Å². The third-order valence-electron chi connectivity index (χ3n) is 8.56. The number of hydrogen-bond acceptors (Lipinski definition) is 11. The highest BCUT2D eigenvalue weighted by molar-refractivity contribution is 5.81. The maximum absolute atomic E-state index is 10.7. The lowest BCUT2D eigenvalue weighted by atomic mass is 9.77. The average molecular weight is 553 g/mol. The topological polar surface area (TPSA) is 200 Å². The molecule has 4 heterocycles. The van der Waals surface area contributed by atoms with Gasteiger partial charge in [-0.15, -0.1) is 0 Å². The van der Waals surface area contributed by atoms with E-state index < -0.39 is 30.0 Å². The number of nitrogen functional groups attached to an aromatic ring is 1. The molecule has 8 N–H and O–H groups in total. The number of hydrogen-bond donors (Lipinski definition) is 7. The van der Waals surface area contributed by atoms with Crippen molar-refractivity contribution >= 4 is 28.0 Å². The molecule has 40 heavy (non-hydrogen) atoms. The Hall–Kier alpha value is -3.20. The van der Waals surface area contributed by atoms with Gasteiger partial charge in [0.1, 0.15) is 36.0 Å². The first-order chi connectivity index (χ1) is 19.3. The van der Waals surface area contributed by atoms with Crippen molar-refractivity contribution in [1.82, 2.24) is 34.8 Å². The molecule has 0 spiro atoms. The molecule has 1 saturated heterocycles. The molecule has 0 amide bonds. The van der Waals surface area contributed by atoms with Crippen LogP contribution in [-0.2, 0) is 16.6 Å². The molecule has 0 bridgehead atoms. The molecule has 4 atom stereocenters. The van der Waals surface area contributed by atoms with Gasteiger partial charge >= 0.3 is 0 Å². The normalized spacial score (nSPS) is 27.0. The Balaban J connectivity index is 0.983. The fraction of sp³-hybridized carbons (Fsp3) is 0.556. The van der Waals surface area contributed by atoms with Gasteiger partial charge < -0.3 is 41.2 Å². The van der Waals surface area contributed by atoms with Gasteiger partial charge in [-0.1, -0.05) is 13.0 Å². The van der Waals surface area contributed by atoms with E-state index in [1.54, 1.807) is 4.57 Å². The van der Waals surface area contributed by atoms with E-state index in [9.17, 15) is 20.4 Å². The highest BCUT2D eigenvalue weighted by Gasteiger charge is 2.44. The Morgan fingerprint density at radius 1 is 1.15 bits per heavy atom. The van der Waals surface area contributed by atoms with Gasteiger partial charge in [0.25, 0.3) is 0 Å². The summed E-state index contributed by atoms with van der Waals surface area (Å²) in [5, 5.41) is 44.2. The maximum Gasteiger partial charge on any atom is 0.167 e. The van der Waals surface area contributed by atoms with E-state index in [4.69, 9.17) is 15.5 Å².